The number of aliphatic hydroxyl groups excluding tert-OH is 1. The molecule has 0 radical (unpaired) electrons. The van der Waals surface area contributed by atoms with Gasteiger partial charge in [-0.05, 0) is 38.0 Å². The number of anilines is 2. The summed E-state index contributed by atoms with van der Waals surface area (Å²) in [4.78, 5) is 2.01. The maximum Gasteiger partial charge on any atom is 0.147 e. The summed E-state index contributed by atoms with van der Waals surface area (Å²) in [6, 6.07) is 13.1. The molecule has 20 heavy (non-hydrogen) atoms. The summed E-state index contributed by atoms with van der Waals surface area (Å²) in [6.07, 6.45) is 0.199. The molecule has 0 spiro atoms. The molecule has 1 heterocycles. The lowest BCUT2D eigenvalue weighted by atomic mass is 10.1. The van der Waals surface area contributed by atoms with Gasteiger partial charge in [0, 0.05) is 17.3 Å². The number of aliphatic hydroxyl groups is 1. The lowest BCUT2D eigenvalue weighted by Gasteiger charge is -2.28. The van der Waals surface area contributed by atoms with E-state index in [-0.39, 0.29) is 11.9 Å². The predicted molar refractivity (Wildman–Crippen MR) is 78.8 cm³/mol. The number of halogens is 1. The lowest BCUT2D eigenvalue weighted by molar-refractivity contribution is 0.199. The normalized spacial score (nSPS) is 19.0. The van der Waals surface area contributed by atoms with Crippen LogP contribution in [0.3, 0.4) is 0 Å². The van der Waals surface area contributed by atoms with E-state index >= 15 is 0 Å². The first kappa shape index (κ1) is 13.1. The van der Waals surface area contributed by atoms with Gasteiger partial charge >= 0.3 is 0 Å². The van der Waals surface area contributed by atoms with Crippen LogP contribution in [-0.4, -0.2) is 11.1 Å². The quantitative estimate of drug-likeness (QED) is 0.893. The number of fused-ring (bicyclic) bond motifs is 1. The van der Waals surface area contributed by atoms with Crippen LogP contribution in [-0.2, 0) is 6.42 Å². The van der Waals surface area contributed by atoms with E-state index in [1.807, 2.05) is 23.1 Å². The zero-order chi connectivity index (χ0) is 14.3. The number of hydrogen-bond acceptors (Lipinski definition) is 2. The van der Waals surface area contributed by atoms with Gasteiger partial charge in [-0.25, -0.2) is 4.39 Å². The Morgan fingerprint density at radius 3 is 2.70 bits per heavy atom. The lowest BCUT2D eigenvalue weighted by Crippen LogP contribution is -2.26. The van der Waals surface area contributed by atoms with E-state index in [9.17, 15) is 9.50 Å². The Labute approximate surface area is 118 Å². The van der Waals surface area contributed by atoms with E-state index in [1.54, 1.807) is 19.1 Å². The van der Waals surface area contributed by atoms with Crippen LogP contribution in [0.5, 0.6) is 0 Å². The van der Waals surface area contributed by atoms with Crippen molar-refractivity contribution in [1.29, 1.82) is 0 Å². The molecule has 0 fully saturated rings. The van der Waals surface area contributed by atoms with Gasteiger partial charge in [0.2, 0.25) is 0 Å². The fourth-order valence-electron chi connectivity index (χ4n) is 3.03. The number of nitrogens with zero attached hydrogens (tertiary/aromatic N) is 1. The van der Waals surface area contributed by atoms with Gasteiger partial charge in [0.15, 0.2) is 0 Å². The van der Waals surface area contributed by atoms with Gasteiger partial charge in [-0.1, -0.05) is 30.3 Å². The van der Waals surface area contributed by atoms with Crippen LogP contribution in [0.25, 0.3) is 0 Å². The van der Waals surface area contributed by atoms with E-state index in [0.717, 1.165) is 12.1 Å². The van der Waals surface area contributed by atoms with Crippen LogP contribution >= 0.6 is 0 Å². The summed E-state index contributed by atoms with van der Waals surface area (Å²) in [7, 11) is 0. The molecule has 2 atom stereocenters. The molecule has 1 unspecified atom stereocenters. The Balaban J connectivity index is 2.19. The molecule has 2 nitrogen and oxygen atoms in total. The van der Waals surface area contributed by atoms with Gasteiger partial charge in [0.25, 0.3) is 0 Å². The Hall–Kier alpha value is -1.87. The van der Waals surface area contributed by atoms with Crippen molar-refractivity contribution in [2.45, 2.75) is 32.4 Å². The standard InChI is InChI=1S/C17H18FNO/c1-11-10-13-6-3-4-9-16(13)19(11)17-14(12(2)20)7-5-8-15(17)18/h3-9,11-12,20H,10H2,1-2H3/t11?,12-/m1/s1. The summed E-state index contributed by atoms with van der Waals surface area (Å²) < 4.78 is 14.4. The number of hydrogen-bond donors (Lipinski definition) is 1. The number of para-hydroxylation sites is 2. The molecule has 2 aromatic carbocycles. The summed E-state index contributed by atoms with van der Waals surface area (Å²) in [5, 5.41) is 9.93. The van der Waals surface area contributed by atoms with Crippen LogP contribution < -0.4 is 4.90 Å². The van der Waals surface area contributed by atoms with E-state index in [4.69, 9.17) is 0 Å². The second kappa shape index (κ2) is 4.91. The Kier molecular flexibility index (Phi) is 3.22. The molecule has 0 amide bonds. The highest BCUT2D eigenvalue weighted by atomic mass is 19.1. The van der Waals surface area contributed by atoms with E-state index in [0.29, 0.717) is 11.3 Å². The second-order valence-electron chi connectivity index (χ2n) is 5.41. The van der Waals surface area contributed by atoms with Crippen molar-refractivity contribution in [3.63, 3.8) is 0 Å². The van der Waals surface area contributed by atoms with E-state index in [2.05, 4.69) is 13.0 Å². The highest BCUT2D eigenvalue weighted by Crippen LogP contribution is 2.42. The monoisotopic (exact) mass is 271 g/mol. The van der Waals surface area contributed by atoms with E-state index < -0.39 is 6.10 Å². The zero-order valence-electron chi connectivity index (χ0n) is 11.7. The Morgan fingerprint density at radius 2 is 1.95 bits per heavy atom. The van der Waals surface area contributed by atoms with Crippen molar-refractivity contribution >= 4 is 11.4 Å². The molecule has 1 aliphatic heterocycles. The molecule has 0 bridgehead atoms. The van der Waals surface area contributed by atoms with Gasteiger partial charge in [-0.15, -0.1) is 0 Å². The minimum absolute atomic E-state index is 0.182. The van der Waals surface area contributed by atoms with Gasteiger partial charge < -0.3 is 10.0 Å². The zero-order valence-corrected chi connectivity index (χ0v) is 11.7. The smallest absolute Gasteiger partial charge is 0.147 e. The van der Waals surface area contributed by atoms with Crippen molar-refractivity contribution in [1.82, 2.24) is 0 Å². The van der Waals surface area contributed by atoms with Crippen LogP contribution in [0.1, 0.15) is 31.1 Å². The summed E-state index contributed by atoms with van der Waals surface area (Å²) >= 11 is 0. The predicted octanol–water partition coefficient (Wildman–Crippen LogP) is 3.96. The summed E-state index contributed by atoms with van der Waals surface area (Å²) in [5.74, 6) is -0.285. The molecule has 0 saturated carbocycles. The molecule has 3 rings (SSSR count). The first-order chi connectivity index (χ1) is 9.59. The largest absolute Gasteiger partial charge is 0.389 e. The third-order valence-electron chi connectivity index (χ3n) is 3.92. The molecule has 3 heteroatoms. The number of benzene rings is 2. The van der Waals surface area contributed by atoms with Crippen molar-refractivity contribution in [3.05, 3.63) is 59.4 Å². The summed E-state index contributed by atoms with van der Waals surface area (Å²) in [6.45, 7) is 3.75. The SMILES string of the molecule is CC1Cc2ccccc2N1c1c(F)cccc1[C@@H](C)O. The molecule has 2 aromatic rings. The maximum absolute atomic E-state index is 14.4. The highest BCUT2D eigenvalue weighted by molar-refractivity contribution is 5.73. The minimum atomic E-state index is -0.694. The fraction of sp³-hybridized carbons (Fsp3) is 0.294. The van der Waals surface area contributed by atoms with E-state index in [1.165, 1.54) is 11.6 Å². The third-order valence-corrected chi connectivity index (χ3v) is 3.92. The van der Waals surface area contributed by atoms with Crippen LogP contribution in [0, 0.1) is 5.82 Å². The molecular formula is C17H18FNO. The fourth-order valence-corrected chi connectivity index (χ4v) is 3.03. The van der Waals surface area contributed by atoms with Crippen LogP contribution in [0.2, 0.25) is 0 Å². The average molecular weight is 271 g/mol. The van der Waals surface area contributed by atoms with Gasteiger partial charge in [-0.2, -0.15) is 0 Å². The Bertz CT molecular complexity index is 639. The Morgan fingerprint density at radius 1 is 1.20 bits per heavy atom. The molecular weight excluding hydrogens is 253 g/mol. The third kappa shape index (κ3) is 1.98. The first-order valence-corrected chi connectivity index (χ1v) is 6.93. The van der Waals surface area contributed by atoms with Crippen molar-refractivity contribution in [3.8, 4) is 0 Å². The van der Waals surface area contributed by atoms with Gasteiger partial charge in [0.05, 0.1) is 11.8 Å². The van der Waals surface area contributed by atoms with Crippen molar-refractivity contribution < 1.29 is 9.50 Å². The molecule has 0 aliphatic carbocycles. The summed E-state index contributed by atoms with van der Waals surface area (Å²) in [5.41, 5.74) is 3.39. The van der Waals surface area contributed by atoms with Crippen molar-refractivity contribution in [2.75, 3.05) is 4.90 Å². The second-order valence-corrected chi connectivity index (χ2v) is 5.41. The van der Waals surface area contributed by atoms with Crippen molar-refractivity contribution in [2.24, 2.45) is 0 Å². The number of rotatable bonds is 2. The molecule has 1 N–H and O–H groups in total. The highest BCUT2D eigenvalue weighted by Gasteiger charge is 2.30. The van der Waals surface area contributed by atoms with Gasteiger partial charge in [-0.3, -0.25) is 0 Å². The molecule has 1 aliphatic rings. The van der Waals surface area contributed by atoms with Crippen LogP contribution in [0.4, 0.5) is 15.8 Å². The molecule has 0 aromatic heterocycles. The maximum atomic E-state index is 14.4. The minimum Gasteiger partial charge on any atom is -0.389 e. The molecule has 0 saturated heterocycles. The molecule has 104 valence electrons. The first-order valence-electron chi connectivity index (χ1n) is 6.93. The van der Waals surface area contributed by atoms with Gasteiger partial charge in [0.1, 0.15) is 5.82 Å². The topological polar surface area (TPSA) is 23.5 Å². The van der Waals surface area contributed by atoms with Crippen LogP contribution in [0.15, 0.2) is 42.5 Å². The average Bonchev–Trinajstić information content (AvgIpc) is 2.74.